The lowest BCUT2D eigenvalue weighted by Crippen LogP contribution is -2.27. The van der Waals surface area contributed by atoms with Gasteiger partial charge in [0.1, 0.15) is 11.6 Å². The lowest BCUT2D eigenvalue weighted by Gasteiger charge is -2.17. The molecule has 0 aliphatic carbocycles. The maximum Gasteiger partial charge on any atom is 0.238 e. The van der Waals surface area contributed by atoms with Crippen molar-refractivity contribution < 1.29 is 9.90 Å². The van der Waals surface area contributed by atoms with Crippen LogP contribution in [0.15, 0.2) is 41.0 Å². The van der Waals surface area contributed by atoms with Crippen molar-refractivity contribution in [1.82, 2.24) is 19.5 Å². The lowest BCUT2D eigenvalue weighted by molar-refractivity contribution is -0.116. The van der Waals surface area contributed by atoms with Gasteiger partial charge < -0.3 is 26.0 Å². The Morgan fingerprint density at radius 3 is 2.69 bits per heavy atom. The third-order valence-corrected chi connectivity index (χ3v) is 5.37. The number of anilines is 3. The zero-order valence-corrected chi connectivity index (χ0v) is 20.2. The van der Waals surface area contributed by atoms with Gasteiger partial charge in [-0.1, -0.05) is 25.5 Å². The fourth-order valence-corrected chi connectivity index (χ4v) is 3.64. The maximum atomic E-state index is 11.9. The van der Waals surface area contributed by atoms with E-state index in [0.29, 0.717) is 24.6 Å². The topological polar surface area (TPSA) is 107 Å². The van der Waals surface area contributed by atoms with E-state index in [-0.39, 0.29) is 18.6 Å². The van der Waals surface area contributed by atoms with E-state index in [4.69, 9.17) is 0 Å². The number of amides is 1. The van der Waals surface area contributed by atoms with Gasteiger partial charge in [-0.25, -0.2) is 4.98 Å². The molecular weight excluding hydrogens is 474 g/mol. The second-order valence-electron chi connectivity index (χ2n) is 7.90. The van der Waals surface area contributed by atoms with Gasteiger partial charge in [-0.2, -0.15) is 9.61 Å². The Labute approximate surface area is 196 Å². The Hall–Kier alpha value is -2.69. The van der Waals surface area contributed by atoms with E-state index < -0.39 is 0 Å². The van der Waals surface area contributed by atoms with E-state index in [1.807, 2.05) is 49.3 Å². The molecule has 2 aromatic heterocycles. The molecule has 172 valence electrons. The quantitative estimate of drug-likeness (QED) is 0.318. The van der Waals surface area contributed by atoms with Crippen LogP contribution in [0.4, 0.5) is 17.3 Å². The molecule has 0 aliphatic rings. The summed E-state index contributed by atoms with van der Waals surface area (Å²) in [7, 11) is 3.72. The number of fused-ring (bicyclic) bond motifs is 1. The number of hydrogen-bond donors (Lipinski definition) is 4. The molecule has 0 saturated heterocycles. The number of halogens is 1. The van der Waals surface area contributed by atoms with Crippen LogP contribution in [-0.4, -0.2) is 63.8 Å². The number of rotatable bonds is 11. The van der Waals surface area contributed by atoms with Crippen molar-refractivity contribution in [3.8, 4) is 0 Å². The Balaban J connectivity index is 1.72. The van der Waals surface area contributed by atoms with Crippen LogP contribution in [0.3, 0.4) is 0 Å². The fraction of sp³-hybridized carbons (Fsp3) is 0.409. The SMILES string of the molecule is CCC[C@@H](CO)Nc1cc(NCc2ccc(NC(=O)CN(C)C)cc2)n2ncc(Br)c2n1. The van der Waals surface area contributed by atoms with E-state index >= 15 is 0 Å². The molecule has 2 heterocycles. The van der Waals surface area contributed by atoms with Crippen molar-refractivity contribution >= 4 is 44.8 Å². The minimum atomic E-state index is -0.0558. The van der Waals surface area contributed by atoms with Gasteiger partial charge in [-0.3, -0.25) is 4.79 Å². The van der Waals surface area contributed by atoms with E-state index in [9.17, 15) is 9.90 Å². The summed E-state index contributed by atoms with van der Waals surface area (Å²) in [5.41, 5.74) is 2.51. The minimum absolute atomic E-state index is 0.0430. The smallest absolute Gasteiger partial charge is 0.238 e. The van der Waals surface area contributed by atoms with Crippen LogP contribution < -0.4 is 16.0 Å². The number of aliphatic hydroxyl groups excluding tert-OH is 1. The van der Waals surface area contributed by atoms with E-state index in [0.717, 1.165) is 34.4 Å². The van der Waals surface area contributed by atoms with Crippen LogP contribution in [0, 0.1) is 0 Å². The summed E-state index contributed by atoms with van der Waals surface area (Å²) in [6, 6.07) is 9.55. The van der Waals surface area contributed by atoms with Crippen LogP contribution in [0.25, 0.3) is 5.65 Å². The highest BCUT2D eigenvalue weighted by Crippen LogP contribution is 2.23. The summed E-state index contributed by atoms with van der Waals surface area (Å²) in [6.07, 6.45) is 3.52. The molecule has 0 radical (unpaired) electrons. The average molecular weight is 504 g/mol. The number of benzene rings is 1. The number of hydrogen-bond acceptors (Lipinski definition) is 7. The van der Waals surface area contributed by atoms with Gasteiger partial charge in [-0.15, -0.1) is 0 Å². The summed E-state index contributed by atoms with van der Waals surface area (Å²) >= 11 is 3.50. The highest BCUT2D eigenvalue weighted by molar-refractivity contribution is 9.10. The third kappa shape index (κ3) is 6.41. The van der Waals surface area contributed by atoms with Crippen LogP contribution in [-0.2, 0) is 11.3 Å². The number of likely N-dealkylation sites (N-methyl/N-ethyl adjacent to an activating group) is 1. The second kappa shape index (κ2) is 11.3. The first-order valence-electron chi connectivity index (χ1n) is 10.6. The Kier molecular flexibility index (Phi) is 8.43. The zero-order valence-electron chi connectivity index (χ0n) is 18.6. The summed E-state index contributed by atoms with van der Waals surface area (Å²) in [6.45, 7) is 3.04. The summed E-state index contributed by atoms with van der Waals surface area (Å²) in [5, 5.41) is 23.6. The number of nitrogens with one attached hydrogen (secondary N) is 3. The van der Waals surface area contributed by atoms with Crippen LogP contribution in [0.5, 0.6) is 0 Å². The molecule has 9 nitrogen and oxygen atoms in total. The monoisotopic (exact) mass is 503 g/mol. The Morgan fingerprint density at radius 2 is 2.03 bits per heavy atom. The van der Waals surface area contributed by atoms with Gasteiger partial charge >= 0.3 is 0 Å². The summed E-state index contributed by atoms with van der Waals surface area (Å²) in [5.74, 6) is 1.40. The molecule has 0 fully saturated rings. The molecule has 1 amide bonds. The fourth-order valence-electron chi connectivity index (χ4n) is 3.29. The molecule has 10 heteroatoms. The van der Waals surface area contributed by atoms with Gasteiger partial charge in [-0.05, 0) is 54.1 Å². The molecular formula is C22H30BrN7O2. The van der Waals surface area contributed by atoms with Gasteiger partial charge in [0.2, 0.25) is 5.91 Å². The van der Waals surface area contributed by atoms with Crippen molar-refractivity contribution in [2.45, 2.75) is 32.4 Å². The molecule has 1 aromatic carbocycles. The standard InChI is InChI=1S/C22H30BrN7O2/c1-4-5-17(14-31)26-19-10-20(30-22(28-19)18(23)12-25-30)24-11-15-6-8-16(9-7-15)27-21(32)13-29(2)3/h6-10,12,17,24,31H,4-5,11,13-14H2,1-3H3,(H,26,28)(H,27,32)/t17-/m0/s1. The molecule has 32 heavy (non-hydrogen) atoms. The van der Waals surface area contributed by atoms with Gasteiger partial charge in [0.05, 0.1) is 29.9 Å². The lowest BCUT2D eigenvalue weighted by atomic mass is 10.2. The number of nitrogens with zero attached hydrogens (tertiary/aromatic N) is 4. The van der Waals surface area contributed by atoms with Gasteiger partial charge in [0.15, 0.2) is 5.65 Å². The number of aliphatic hydroxyl groups is 1. The molecule has 3 rings (SSSR count). The maximum absolute atomic E-state index is 11.9. The molecule has 0 saturated carbocycles. The van der Waals surface area contributed by atoms with E-state index in [1.165, 1.54) is 0 Å². The van der Waals surface area contributed by atoms with Crippen molar-refractivity contribution in [3.63, 3.8) is 0 Å². The van der Waals surface area contributed by atoms with Gasteiger partial charge in [0, 0.05) is 18.3 Å². The van der Waals surface area contributed by atoms with Crippen LogP contribution >= 0.6 is 15.9 Å². The summed E-state index contributed by atoms with van der Waals surface area (Å²) in [4.78, 5) is 18.4. The Bertz CT molecular complexity index is 1040. The van der Waals surface area contributed by atoms with Crippen LogP contribution in [0.1, 0.15) is 25.3 Å². The molecule has 3 aromatic rings. The van der Waals surface area contributed by atoms with E-state index in [2.05, 4.69) is 48.9 Å². The first-order chi connectivity index (χ1) is 15.4. The largest absolute Gasteiger partial charge is 0.394 e. The first kappa shape index (κ1) is 24.0. The average Bonchev–Trinajstić information content (AvgIpc) is 3.13. The highest BCUT2D eigenvalue weighted by atomic mass is 79.9. The van der Waals surface area contributed by atoms with Crippen LogP contribution in [0.2, 0.25) is 0 Å². The van der Waals surface area contributed by atoms with E-state index in [1.54, 1.807) is 10.7 Å². The van der Waals surface area contributed by atoms with Gasteiger partial charge in [0.25, 0.3) is 0 Å². The molecule has 0 spiro atoms. The normalized spacial score (nSPS) is 12.2. The number of carbonyl (C=O) groups is 1. The molecule has 0 aliphatic heterocycles. The zero-order chi connectivity index (χ0) is 23.1. The third-order valence-electron chi connectivity index (χ3n) is 4.81. The van der Waals surface area contributed by atoms with Crippen molar-refractivity contribution in [2.75, 3.05) is 43.2 Å². The molecule has 0 unspecified atom stereocenters. The first-order valence-corrected chi connectivity index (χ1v) is 11.4. The molecule has 4 N–H and O–H groups in total. The predicted octanol–water partition coefficient (Wildman–Crippen LogP) is 3.18. The summed E-state index contributed by atoms with van der Waals surface area (Å²) < 4.78 is 2.52. The highest BCUT2D eigenvalue weighted by Gasteiger charge is 2.13. The number of carbonyl (C=O) groups excluding carboxylic acids is 1. The second-order valence-corrected chi connectivity index (χ2v) is 8.76. The predicted molar refractivity (Wildman–Crippen MR) is 131 cm³/mol. The van der Waals surface area contributed by atoms with Crippen molar-refractivity contribution in [1.29, 1.82) is 0 Å². The molecule has 1 atom stereocenters. The van der Waals surface area contributed by atoms with Crippen molar-refractivity contribution in [3.05, 3.63) is 46.6 Å². The number of aromatic nitrogens is 3. The Morgan fingerprint density at radius 1 is 1.28 bits per heavy atom. The minimum Gasteiger partial charge on any atom is -0.394 e. The van der Waals surface area contributed by atoms with Crippen molar-refractivity contribution in [2.24, 2.45) is 0 Å². The molecule has 0 bridgehead atoms.